The number of carbonyl (C=O) groups is 5. The van der Waals surface area contributed by atoms with Gasteiger partial charge >= 0.3 is 23.9 Å². The number of fused-ring (bicyclic) bond motifs is 5. The predicted molar refractivity (Wildman–Crippen MR) is 249 cm³/mol. The average Bonchev–Trinajstić information content (AvgIpc) is 3.51. The molecule has 0 bridgehead atoms. The van der Waals surface area contributed by atoms with Gasteiger partial charge in [-0.15, -0.1) is 0 Å². The monoisotopic (exact) mass is 885 g/mol. The van der Waals surface area contributed by atoms with Gasteiger partial charge in [-0.05, 0) is 177 Å². The Morgan fingerprint density at radius 3 is 1.67 bits per heavy atom. The molecule has 0 saturated heterocycles. The molecule has 362 valence electrons. The van der Waals surface area contributed by atoms with Gasteiger partial charge in [0.25, 0.3) is 0 Å². The first-order chi connectivity index (χ1) is 28.9. The molecular formula is C54H92O9. The third kappa shape index (κ3) is 14.0. The summed E-state index contributed by atoms with van der Waals surface area (Å²) >= 11 is 0. The minimum Gasteiger partial charge on any atom is -0.462 e. The summed E-state index contributed by atoms with van der Waals surface area (Å²) in [6, 6.07) is 0. The molecule has 0 radical (unpaired) electrons. The zero-order valence-corrected chi connectivity index (χ0v) is 42.9. The summed E-state index contributed by atoms with van der Waals surface area (Å²) in [5.41, 5.74) is -1.96. The molecule has 0 aliphatic heterocycles. The molecule has 8 atom stereocenters. The van der Waals surface area contributed by atoms with Crippen LogP contribution < -0.4 is 0 Å². The van der Waals surface area contributed by atoms with Crippen LogP contribution in [0.2, 0.25) is 0 Å². The largest absolute Gasteiger partial charge is 0.462 e. The quantitative estimate of drug-likeness (QED) is 0.0668. The van der Waals surface area contributed by atoms with Gasteiger partial charge in [-0.3, -0.25) is 24.0 Å². The van der Waals surface area contributed by atoms with Crippen molar-refractivity contribution >= 4 is 29.7 Å². The van der Waals surface area contributed by atoms with E-state index in [2.05, 4.69) is 55.4 Å². The number of carbonyl (C=O) groups excluding carboxylic acids is 5. The lowest BCUT2D eigenvalue weighted by Crippen LogP contribution is -2.54. The van der Waals surface area contributed by atoms with Gasteiger partial charge in [0, 0.05) is 12.3 Å². The number of unbranched alkanes of at least 4 members (excludes halogenated alkanes) is 4. The predicted octanol–water partition coefficient (Wildman–Crippen LogP) is 12.8. The van der Waals surface area contributed by atoms with E-state index in [-0.39, 0.29) is 59.4 Å². The Hall–Kier alpha value is -2.45. The summed E-state index contributed by atoms with van der Waals surface area (Å²) in [5, 5.41) is 0. The van der Waals surface area contributed by atoms with Gasteiger partial charge in [0.2, 0.25) is 0 Å². The molecule has 0 spiro atoms. The lowest BCUT2D eigenvalue weighted by Gasteiger charge is -2.61. The van der Waals surface area contributed by atoms with Crippen LogP contribution in [0.25, 0.3) is 0 Å². The Balaban J connectivity index is 1.18. The van der Waals surface area contributed by atoms with E-state index in [1.807, 2.05) is 48.5 Å². The van der Waals surface area contributed by atoms with Gasteiger partial charge in [0.1, 0.15) is 25.1 Å². The molecule has 0 amide bonds. The molecule has 0 heterocycles. The van der Waals surface area contributed by atoms with E-state index >= 15 is 0 Å². The highest BCUT2D eigenvalue weighted by Crippen LogP contribution is 2.67. The Morgan fingerprint density at radius 2 is 1.11 bits per heavy atom. The van der Waals surface area contributed by atoms with E-state index in [0.717, 1.165) is 69.6 Å². The minimum atomic E-state index is -0.934. The average molecular weight is 885 g/mol. The fourth-order valence-corrected chi connectivity index (χ4v) is 13.7. The van der Waals surface area contributed by atoms with Gasteiger partial charge in [-0.2, -0.15) is 0 Å². The van der Waals surface area contributed by atoms with E-state index in [0.29, 0.717) is 48.7 Å². The maximum atomic E-state index is 13.6. The zero-order valence-electron chi connectivity index (χ0n) is 42.9. The third-order valence-corrected chi connectivity index (χ3v) is 16.3. The lowest BCUT2D eigenvalue weighted by atomic mass is 9.44. The van der Waals surface area contributed by atoms with Gasteiger partial charge in [-0.1, -0.05) is 81.1 Å². The van der Waals surface area contributed by atoms with Gasteiger partial charge in [0.15, 0.2) is 6.10 Å². The first kappa shape index (κ1) is 53.2. The lowest BCUT2D eigenvalue weighted by molar-refractivity contribution is -0.179. The normalized spacial score (nSPS) is 29.0. The number of ether oxygens (including phenoxy) is 4. The number of esters is 4. The van der Waals surface area contributed by atoms with Crippen molar-refractivity contribution in [3.63, 3.8) is 0 Å². The highest BCUT2D eigenvalue weighted by Gasteiger charge is 2.61. The number of Topliss-reactive ketones (excluding diaryl/α,β-unsaturated/α-hetero) is 1. The summed E-state index contributed by atoms with van der Waals surface area (Å²) in [7, 11) is 0. The van der Waals surface area contributed by atoms with E-state index in [4.69, 9.17) is 18.9 Å². The van der Waals surface area contributed by atoms with Crippen molar-refractivity contribution < 1.29 is 42.9 Å². The smallest absolute Gasteiger partial charge is 0.312 e. The molecular weight excluding hydrogens is 793 g/mol. The van der Waals surface area contributed by atoms with Crippen LogP contribution in [0.4, 0.5) is 0 Å². The van der Waals surface area contributed by atoms with Crippen LogP contribution in [-0.2, 0) is 42.9 Å². The summed E-state index contributed by atoms with van der Waals surface area (Å²) < 4.78 is 23.6. The highest BCUT2D eigenvalue weighted by molar-refractivity contribution is 5.80. The third-order valence-electron chi connectivity index (χ3n) is 16.3. The fraction of sp³-hybridized carbons (Fsp3) is 0.907. The molecule has 4 rings (SSSR count). The van der Waals surface area contributed by atoms with Gasteiger partial charge in [0.05, 0.1) is 16.2 Å². The summed E-state index contributed by atoms with van der Waals surface area (Å²) in [4.78, 5) is 65.6. The van der Waals surface area contributed by atoms with Crippen LogP contribution in [-0.4, -0.2) is 55.1 Å². The first-order valence-electron chi connectivity index (χ1n) is 25.2. The van der Waals surface area contributed by atoms with Crippen molar-refractivity contribution in [2.75, 3.05) is 13.2 Å². The van der Waals surface area contributed by atoms with Crippen molar-refractivity contribution in [1.29, 1.82) is 0 Å². The standard InChI is InChI=1S/C54H92O9/c1-36(55)41-24-25-42-40-23-22-37-31-38(26-29-53(37,14)43(40)27-30-54(41,42)15)62-44(56)21-19-17-16-18-20-28-50(8,9)47(59)63-39(32-60-45(57)51(10,11)34-48(2,3)4)33-61-46(58)52(12,13)35-49(5,6)7/h37-43H,16-35H2,1-15H3/t37?,38-,40-,41+,42?,43?,53-,54+/m0/s1. The minimum absolute atomic E-state index is 0.0239. The van der Waals surface area contributed by atoms with Crippen molar-refractivity contribution in [2.45, 2.75) is 232 Å². The van der Waals surface area contributed by atoms with E-state index in [1.54, 1.807) is 0 Å². The Bertz CT molecular complexity index is 1550. The van der Waals surface area contributed by atoms with Crippen LogP contribution in [0.15, 0.2) is 0 Å². The first-order valence-corrected chi connectivity index (χ1v) is 25.2. The topological polar surface area (TPSA) is 122 Å². The molecule has 4 aliphatic rings. The van der Waals surface area contributed by atoms with Gasteiger partial charge in [-0.25, -0.2) is 0 Å². The fourth-order valence-electron chi connectivity index (χ4n) is 13.7. The molecule has 9 heteroatoms. The molecule has 0 aromatic heterocycles. The van der Waals surface area contributed by atoms with Crippen LogP contribution in [0.3, 0.4) is 0 Å². The van der Waals surface area contributed by atoms with E-state index in [1.165, 1.54) is 32.1 Å². The second-order valence-corrected chi connectivity index (χ2v) is 25.9. The zero-order chi connectivity index (χ0) is 47.4. The summed E-state index contributed by atoms with van der Waals surface area (Å²) in [6.07, 6.45) is 16.1. The van der Waals surface area contributed by atoms with Crippen LogP contribution in [0, 0.1) is 67.5 Å². The Morgan fingerprint density at radius 1 is 0.587 bits per heavy atom. The van der Waals surface area contributed by atoms with Crippen molar-refractivity contribution in [3.05, 3.63) is 0 Å². The molecule has 0 aromatic carbocycles. The molecule has 4 aliphatic carbocycles. The van der Waals surface area contributed by atoms with Crippen LogP contribution >= 0.6 is 0 Å². The van der Waals surface area contributed by atoms with Gasteiger partial charge < -0.3 is 18.9 Å². The second kappa shape index (κ2) is 20.6. The van der Waals surface area contributed by atoms with Crippen molar-refractivity contribution in [2.24, 2.45) is 67.5 Å². The molecule has 63 heavy (non-hydrogen) atoms. The Labute approximate surface area is 383 Å². The summed E-state index contributed by atoms with van der Waals surface area (Å²) in [6.45, 7) is 30.0. The maximum absolute atomic E-state index is 13.6. The van der Waals surface area contributed by atoms with Crippen molar-refractivity contribution in [3.8, 4) is 0 Å². The highest BCUT2D eigenvalue weighted by atomic mass is 16.6. The molecule has 0 N–H and O–H groups in total. The Kier molecular flexibility index (Phi) is 17.4. The van der Waals surface area contributed by atoms with E-state index < -0.39 is 28.3 Å². The van der Waals surface area contributed by atoms with Crippen LogP contribution in [0.5, 0.6) is 0 Å². The van der Waals surface area contributed by atoms with Crippen molar-refractivity contribution in [1.82, 2.24) is 0 Å². The summed E-state index contributed by atoms with van der Waals surface area (Å²) in [5.74, 6) is 2.14. The molecule has 9 nitrogen and oxygen atoms in total. The molecule has 0 aromatic rings. The molecule has 3 unspecified atom stereocenters. The number of hydrogen-bond acceptors (Lipinski definition) is 9. The molecule has 4 saturated carbocycles. The number of rotatable bonds is 20. The van der Waals surface area contributed by atoms with E-state index in [9.17, 15) is 24.0 Å². The second-order valence-electron chi connectivity index (χ2n) is 25.9. The maximum Gasteiger partial charge on any atom is 0.312 e. The molecule has 4 fully saturated rings. The number of hydrogen-bond donors (Lipinski definition) is 0. The number of ketones is 1. The SMILES string of the molecule is CC(=O)[C@H]1CCC2[C@@H]3CCC4C[C@@H](OC(=O)CCCCCCCC(C)(C)C(=O)OC(COC(=O)C(C)(C)CC(C)(C)C)COC(=O)C(C)(C)CC(C)(C)C)CC[C@]4(C)C3CC[C@@]21C. The van der Waals surface area contributed by atoms with Crippen LogP contribution in [0.1, 0.15) is 219 Å².